The van der Waals surface area contributed by atoms with Gasteiger partial charge in [-0.15, -0.1) is 0 Å². The number of likely N-dealkylation sites (tertiary alicyclic amines) is 1. The second-order valence-electron chi connectivity index (χ2n) is 4.57. The van der Waals surface area contributed by atoms with Crippen molar-refractivity contribution in [1.82, 2.24) is 4.90 Å². The van der Waals surface area contributed by atoms with Crippen molar-refractivity contribution < 1.29 is 13.9 Å². The highest BCUT2D eigenvalue weighted by Gasteiger charge is 2.31. The van der Waals surface area contributed by atoms with Crippen LogP contribution in [0.4, 0.5) is 4.39 Å². The molecule has 1 aliphatic heterocycles. The van der Waals surface area contributed by atoms with Crippen LogP contribution in [0.3, 0.4) is 0 Å². The summed E-state index contributed by atoms with van der Waals surface area (Å²) in [6.45, 7) is 1.05. The van der Waals surface area contributed by atoms with Gasteiger partial charge in [0.05, 0.1) is 18.7 Å². The minimum Gasteiger partial charge on any atom is -0.468 e. The van der Waals surface area contributed by atoms with Gasteiger partial charge in [-0.05, 0) is 37.6 Å². The Labute approximate surface area is 111 Å². The van der Waals surface area contributed by atoms with Crippen LogP contribution in [0.15, 0.2) is 18.2 Å². The molecule has 0 saturated carbocycles. The predicted octanol–water partition coefficient (Wildman–Crippen LogP) is 1.83. The topological polar surface area (TPSA) is 53.3 Å². The Morgan fingerprint density at radius 3 is 3.11 bits per heavy atom. The molecule has 0 aliphatic carbocycles. The number of ether oxygens (including phenoxy) is 1. The van der Waals surface area contributed by atoms with Crippen LogP contribution in [0.25, 0.3) is 0 Å². The van der Waals surface area contributed by atoms with Gasteiger partial charge in [-0.25, -0.2) is 4.39 Å². The van der Waals surface area contributed by atoms with Gasteiger partial charge in [0.1, 0.15) is 11.9 Å². The molecule has 2 rings (SSSR count). The third-order valence-electron chi connectivity index (χ3n) is 3.39. The molecule has 19 heavy (non-hydrogen) atoms. The lowest BCUT2D eigenvalue weighted by Gasteiger charge is -2.22. The summed E-state index contributed by atoms with van der Waals surface area (Å²) in [6, 6.07) is 5.94. The Balaban J connectivity index is 2.16. The molecule has 0 aromatic heterocycles. The van der Waals surface area contributed by atoms with E-state index in [1.54, 1.807) is 0 Å². The second-order valence-corrected chi connectivity index (χ2v) is 4.57. The number of nitriles is 1. The lowest BCUT2D eigenvalue weighted by Crippen LogP contribution is -2.36. The number of rotatable bonds is 3. The predicted molar refractivity (Wildman–Crippen MR) is 66.6 cm³/mol. The monoisotopic (exact) mass is 262 g/mol. The summed E-state index contributed by atoms with van der Waals surface area (Å²) in [5.41, 5.74) is 0.861. The third kappa shape index (κ3) is 2.91. The van der Waals surface area contributed by atoms with Gasteiger partial charge in [0.2, 0.25) is 0 Å². The number of nitrogens with zero attached hydrogens (tertiary/aromatic N) is 2. The molecule has 1 fully saturated rings. The van der Waals surface area contributed by atoms with Crippen molar-refractivity contribution in [3.63, 3.8) is 0 Å². The van der Waals surface area contributed by atoms with Gasteiger partial charge in [0.15, 0.2) is 0 Å². The largest absolute Gasteiger partial charge is 0.468 e. The molecule has 1 atom stereocenters. The van der Waals surface area contributed by atoms with Crippen LogP contribution in [0.1, 0.15) is 24.0 Å². The van der Waals surface area contributed by atoms with E-state index >= 15 is 0 Å². The van der Waals surface area contributed by atoms with Crippen molar-refractivity contribution in [1.29, 1.82) is 5.26 Å². The van der Waals surface area contributed by atoms with Gasteiger partial charge in [-0.1, -0.05) is 0 Å². The Hall–Kier alpha value is -1.93. The zero-order chi connectivity index (χ0) is 13.8. The molecule has 1 heterocycles. The summed E-state index contributed by atoms with van der Waals surface area (Å²) in [4.78, 5) is 13.5. The highest BCUT2D eigenvalue weighted by molar-refractivity contribution is 5.75. The number of carbonyl (C=O) groups excluding carboxylic acids is 1. The van der Waals surface area contributed by atoms with E-state index in [2.05, 4.69) is 0 Å². The van der Waals surface area contributed by atoms with E-state index in [0.29, 0.717) is 17.7 Å². The highest BCUT2D eigenvalue weighted by Crippen LogP contribution is 2.22. The van der Waals surface area contributed by atoms with Crippen molar-refractivity contribution >= 4 is 5.97 Å². The van der Waals surface area contributed by atoms with Gasteiger partial charge >= 0.3 is 5.97 Å². The number of hydrogen-bond acceptors (Lipinski definition) is 4. The molecule has 0 amide bonds. The lowest BCUT2D eigenvalue weighted by atomic mass is 10.1. The first-order chi connectivity index (χ1) is 9.15. The number of benzene rings is 1. The van der Waals surface area contributed by atoms with Crippen molar-refractivity contribution in [2.45, 2.75) is 25.4 Å². The van der Waals surface area contributed by atoms with Gasteiger partial charge in [-0.2, -0.15) is 5.26 Å². The van der Waals surface area contributed by atoms with Gasteiger partial charge in [0, 0.05) is 12.1 Å². The average molecular weight is 262 g/mol. The number of halogens is 1. The number of methoxy groups -OCH3 is 1. The quantitative estimate of drug-likeness (QED) is 0.780. The summed E-state index contributed by atoms with van der Waals surface area (Å²) in [5, 5.41) is 8.83. The molecular weight excluding hydrogens is 247 g/mol. The van der Waals surface area contributed by atoms with E-state index in [0.717, 1.165) is 19.4 Å². The molecule has 1 unspecified atom stereocenters. The summed E-state index contributed by atoms with van der Waals surface area (Å²) in [6.07, 6.45) is 1.62. The van der Waals surface area contributed by atoms with E-state index < -0.39 is 0 Å². The first-order valence-electron chi connectivity index (χ1n) is 6.16. The fourth-order valence-corrected chi connectivity index (χ4v) is 2.40. The maximum atomic E-state index is 13.7. The maximum absolute atomic E-state index is 13.7. The Bertz CT molecular complexity index is 525. The molecule has 1 saturated heterocycles. The van der Waals surface area contributed by atoms with Crippen LogP contribution < -0.4 is 0 Å². The third-order valence-corrected chi connectivity index (χ3v) is 3.39. The summed E-state index contributed by atoms with van der Waals surface area (Å²) < 4.78 is 18.5. The maximum Gasteiger partial charge on any atom is 0.323 e. The first kappa shape index (κ1) is 13.5. The molecule has 0 bridgehead atoms. The molecular formula is C14H15FN2O2. The Morgan fingerprint density at radius 2 is 2.42 bits per heavy atom. The van der Waals surface area contributed by atoms with Crippen LogP contribution in [-0.4, -0.2) is 30.6 Å². The van der Waals surface area contributed by atoms with Gasteiger partial charge in [0.25, 0.3) is 0 Å². The second kappa shape index (κ2) is 5.81. The molecule has 1 aromatic rings. The van der Waals surface area contributed by atoms with Crippen molar-refractivity contribution in [2.75, 3.05) is 13.7 Å². The average Bonchev–Trinajstić information content (AvgIpc) is 2.88. The molecule has 4 nitrogen and oxygen atoms in total. The van der Waals surface area contributed by atoms with Crippen molar-refractivity contribution in [3.8, 4) is 6.07 Å². The summed E-state index contributed by atoms with van der Waals surface area (Å²) in [5.74, 6) is -0.635. The van der Waals surface area contributed by atoms with E-state index in [-0.39, 0.29) is 17.8 Å². The normalized spacial score (nSPS) is 19.1. The minimum absolute atomic E-state index is 0.283. The van der Waals surface area contributed by atoms with Crippen molar-refractivity contribution in [2.24, 2.45) is 0 Å². The van der Waals surface area contributed by atoms with Crippen LogP contribution in [0, 0.1) is 17.1 Å². The lowest BCUT2D eigenvalue weighted by molar-refractivity contribution is -0.146. The van der Waals surface area contributed by atoms with Crippen LogP contribution in [-0.2, 0) is 16.1 Å². The zero-order valence-corrected chi connectivity index (χ0v) is 10.7. The fourth-order valence-electron chi connectivity index (χ4n) is 2.40. The Morgan fingerprint density at radius 1 is 1.63 bits per heavy atom. The molecule has 0 spiro atoms. The zero-order valence-electron chi connectivity index (χ0n) is 10.7. The van der Waals surface area contributed by atoms with Crippen LogP contribution >= 0.6 is 0 Å². The Kier molecular flexibility index (Phi) is 4.13. The number of carbonyl (C=O) groups is 1. The van der Waals surface area contributed by atoms with Gasteiger partial charge < -0.3 is 4.74 Å². The molecule has 5 heteroatoms. The minimum atomic E-state index is -0.352. The smallest absolute Gasteiger partial charge is 0.323 e. The van der Waals surface area contributed by atoms with E-state index in [1.807, 2.05) is 11.0 Å². The fraction of sp³-hybridized carbons (Fsp3) is 0.429. The number of hydrogen-bond donors (Lipinski definition) is 0. The first-order valence-corrected chi connectivity index (χ1v) is 6.16. The molecule has 1 aromatic carbocycles. The van der Waals surface area contributed by atoms with Gasteiger partial charge in [-0.3, -0.25) is 9.69 Å². The highest BCUT2D eigenvalue weighted by atomic mass is 19.1. The summed E-state index contributed by atoms with van der Waals surface area (Å²) in [7, 11) is 1.36. The molecule has 1 aliphatic rings. The standard InChI is InChI=1S/C14H15FN2O2/c1-19-14(18)13-3-2-6-17(13)9-11-7-10(8-16)4-5-12(11)15/h4-5,7,13H,2-3,6,9H2,1H3. The van der Waals surface area contributed by atoms with E-state index in [9.17, 15) is 9.18 Å². The molecule has 0 radical (unpaired) electrons. The van der Waals surface area contributed by atoms with Crippen LogP contribution in [0.2, 0.25) is 0 Å². The van der Waals surface area contributed by atoms with Crippen LogP contribution in [0.5, 0.6) is 0 Å². The van der Waals surface area contributed by atoms with E-state index in [1.165, 1.54) is 25.3 Å². The SMILES string of the molecule is COC(=O)C1CCCN1Cc1cc(C#N)ccc1F. The molecule has 0 N–H and O–H groups in total. The summed E-state index contributed by atoms with van der Waals surface area (Å²) >= 11 is 0. The molecule has 100 valence electrons. The van der Waals surface area contributed by atoms with E-state index in [4.69, 9.17) is 10.00 Å². The van der Waals surface area contributed by atoms with Crippen molar-refractivity contribution in [3.05, 3.63) is 35.1 Å². The number of esters is 1.